The summed E-state index contributed by atoms with van der Waals surface area (Å²) >= 11 is 0. The molecule has 0 unspecified atom stereocenters. The number of phosphoric acid groups is 1. The Hall–Kier alpha value is -2.79. The molecule has 0 amide bonds. The standard InChI is InChI=1S/C34H48N3O7PS/c1-8-46(39,40)28-12-9-11-27(20-28)29-13-14-31(33-32(29)30-19-26(6)21-35-34(30)36-33)41-17-10-15-37(7)16-18-42-45(38,43-22-24(2)3)44-23-25(4)5/h9,11-14,19-21,24-25H,8,10,15-18,22-23H2,1-7H3,(H,35,36). The third kappa shape index (κ3) is 9.40. The van der Waals surface area contributed by atoms with E-state index in [1.54, 1.807) is 25.1 Å². The van der Waals surface area contributed by atoms with Crippen LogP contribution in [0.1, 0.15) is 46.6 Å². The zero-order chi connectivity index (χ0) is 33.5. The highest BCUT2D eigenvalue weighted by Crippen LogP contribution is 2.50. The third-order valence-electron chi connectivity index (χ3n) is 7.38. The van der Waals surface area contributed by atoms with Crippen molar-refractivity contribution in [1.29, 1.82) is 0 Å². The summed E-state index contributed by atoms with van der Waals surface area (Å²) < 4.78 is 61.3. The fourth-order valence-electron chi connectivity index (χ4n) is 4.88. The molecule has 0 spiro atoms. The minimum atomic E-state index is -3.62. The molecule has 0 radical (unpaired) electrons. The van der Waals surface area contributed by atoms with Crippen LogP contribution in [0.25, 0.3) is 33.1 Å². The molecular weight excluding hydrogens is 625 g/mol. The lowest BCUT2D eigenvalue weighted by Gasteiger charge is -2.22. The van der Waals surface area contributed by atoms with Gasteiger partial charge in [-0.15, -0.1) is 0 Å². The Kier molecular flexibility index (Phi) is 12.4. The quantitative estimate of drug-likeness (QED) is 0.0839. The molecule has 0 saturated carbocycles. The maximum absolute atomic E-state index is 13.1. The minimum Gasteiger partial charge on any atom is -0.491 e. The van der Waals surface area contributed by atoms with Crippen LogP contribution >= 0.6 is 7.82 Å². The number of fused-ring (bicyclic) bond motifs is 3. The van der Waals surface area contributed by atoms with Gasteiger partial charge >= 0.3 is 7.82 Å². The first-order valence-corrected chi connectivity index (χ1v) is 19.0. The number of pyridine rings is 1. The van der Waals surface area contributed by atoms with Gasteiger partial charge in [-0.25, -0.2) is 18.0 Å². The Bertz CT molecular complexity index is 1760. The summed E-state index contributed by atoms with van der Waals surface area (Å²) in [5.41, 5.74) is 4.29. The van der Waals surface area contributed by atoms with E-state index in [1.807, 2.05) is 66.1 Å². The van der Waals surface area contributed by atoms with Gasteiger partial charge in [0.15, 0.2) is 9.84 Å². The summed E-state index contributed by atoms with van der Waals surface area (Å²) in [5.74, 6) is 1.15. The number of nitrogens with one attached hydrogen (secondary N) is 1. The summed E-state index contributed by atoms with van der Waals surface area (Å²) in [6.45, 7) is 14.2. The van der Waals surface area contributed by atoms with Crippen molar-refractivity contribution >= 4 is 39.6 Å². The van der Waals surface area contributed by atoms with Crippen LogP contribution in [-0.2, 0) is 28.0 Å². The largest absolute Gasteiger partial charge is 0.491 e. The average Bonchev–Trinajstić information content (AvgIpc) is 3.40. The minimum absolute atomic E-state index is 0.0390. The van der Waals surface area contributed by atoms with Crippen molar-refractivity contribution in [2.75, 3.05) is 52.3 Å². The second-order valence-electron chi connectivity index (χ2n) is 12.5. The van der Waals surface area contributed by atoms with Gasteiger partial charge in [0.2, 0.25) is 0 Å². The van der Waals surface area contributed by atoms with Crippen LogP contribution in [0.2, 0.25) is 0 Å². The van der Waals surface area contributed by atoms with E-state index in [9.17, 15) is 13.0 Å². The van der Waals surface area contributed by atoms with Crippen molar-refractivity contribution in [3.05, 3.63) is 54.2 Å². The maximum atomic E-state index is 13.1. The number of nitrogens with zero attached hydrogens (tertiary/aromatic N) is 2. The van der Waals surface area contributed by atoms with E-state index >= 15 is 0 Å². The zero-order valence-corrected chi connectivity index (χ0v) is 29.7. The van der Waals surface area contributed by atoms with Crippen molar-refractivity contribution in [3.63, 3.8) is 0 Å². The van der Waals surface area contributed by atoms with Gasteiger partial charge in [-0.1, -0.05) is 46.8 Å². The van der Waals surface area contributed by atoms with Crippen LogP contribution < -0.4 is 4.74 Å². The molecule has 2 heterocycles. The smallest absolute Gasteiger partial charge is 0.474 e. The predicted octanol–water partition coefficient (Wildman–Crippen LogP) is 7.66. The number of hydrogen-bond donors (Lipinski definition) is 1. The van der Waals surface area contributed by atoms with Crippen LogP contribution in [0.15, 0.2) is 53.6 Å². The Morgan fingerprint density at radius 2 is 1.67 bits per heavy atom. The van der Waals surface area contributed by atoms with Gasteiger partial charge in [-0.3, -0.25) is 13.6 Å². The van der Waals surface area contributed by atoms with Crippen molar-refractivity contribution in [2.24, 2.45) is 11.8 Å². The molecule has 1 N–H and O–H groups in total. The van der Waals surface area contributed by atoms with Crippen LogP contribution in [0.3, 0.4) is 0 Å². The van der Waals surface area contributed by atoms with Crippen molar-refractivity contribution in [3.8, 4) is 16.9 Å². The predicted molar refractivity (Wildman–Crippen MR) is 184 cm³/mol. The van der Waals surface area contributed by atoms with Gasteiger partial charge in [0.25, 0.3) is 0 Å². The highest BCUT2D eigenvalue weighted by molar-refractivity contribution is 7.91. The molecule has 4 rings (SSSR count). The topological polar surface area (TPSA) is 120 Å². The van der Waals surface area contributed by atoms with Gasteiger partial charge in [0.1, 0.15) is 11.4 Å². The molecule has 4 aromatic rings. The number of hydrogen-bond acceptors (Lipinski definition) is 9. The fraction of sp³-hybridized carbons (Fsp3) is 0.500. The van der Waals surface area contributed by atoms with E-state index in [0.29, 0.717) is 37.0 Å². The first kappa shape index (κ1) is 36.1. The molecule has 0 bridgehead atoms. The fourth-order valence-corrected chi connectivity index (χ4v) is 7.30. The highest BCUT2D eigenvalue weighted by Gasteiger charge is 2.27. The summed E-state index contributed by atoms with van der Waals surface area (Å²) in [6, 6.07) is 13.1. The van der Waals surface area contributed by atoms with Gasteiger partial charge in [-0.05, 0) is 79.3 Å². The summed E-state index contributed by atoms with van der Waals surface area (Å²) in [4.78, 5) is 10.4. The first-order chi connectivity index (χ1) is 21.8. The summed E-state index contributed by atoms with van der Waals surface area (Å²) in [7, 11) is -5.00. The Morgan fingerprint density at radius 3 is 2.35 bits per heavy atom. The molecule has 2 aromatic carbocycles. The zero-order valence-electron chi connectivity index (χ0n) is 28.0. The van der Waals surface area contributed by atoms with Crippen LogP contribution in [0.5, 0.6) is 5.75 Å². The number of phosphoric ester groups is 1. The van der Waals surface area contributed by atoms with E-state index in [2.05, 4.69) is 20.9 Å². The molecule has 0 aliphatic carbocycles. The Labute approximate surface area is 273 Å². The number of aromatic amines is 1. The lowest BCUT2D eigenvalue weighted by Crippen LogP contribution is -2.25. The van der Waals surface area contributed by atoms with Gasteiger partial charge in [0, 0.05) is 30.1 Å². The number of rotatable bonds is 18. The summed E-state index contributed by atoms with van der Waals surface area (Å²) in [6.07, 6.45) is 2.57. The lowest BCUT2D eigenvalue weighted by atomic mass is 9.99. The van der Waals surface area contributed by atoms with E-state index in [1.165, 1.54) is 0 Å². The van der Waals surface area contributed by atoms with E-state index in [0.717, 1.165) is 51.6 Å². The van der Waals surface area contributed by atoms with Crippen molar-refractivity contribution in [1.82, 2.24) is 14.9 Å². The van der Waals surface area contributed by atoms with E-state index in [-0.39, 0.29) is 24.2 Å². The van der Waals surface area contributed by atoms with Crippen LogP contribution in [-0.4, -0.2) is 75.6 Å². The molecule has 2 aromatic heterocycles. The second-order valence-corrected chi connectivity index (χ2v) is 16.4. The monoisotopic (exact) mass is 673 g/mol. The average molecular weight is 674 g/mol. The molecule has 0 aliphatic rings. The maximum Gasteiger partial charge on any atom is 0.474 e. The normalized spacial score (nSPS) is 12.7. The molecule has 252 valence electrons. The SMILES string of the molecule is CCS(=O)(=O)c1cccc(-c2ccc(OCCCN(C)CCOP(=O)(OCC(C)C)OCC(C)C)c3[nH]c4ncc(C)cc4c23)c1. The molecule has 12 heteroatoms. The Morgan fingerprint density at radius 1 is 0.957 bits per heavy atom. The number of aromatic nitrogens is 2. The van der Waals surface area contributed by atoms with E-state index < -0.39 is 17.7 Å². The molecule has 0 saturated heterocycles. The summed E-state index contributed by atoms with van der Waals surface area (Å²) in [5, 5.41) is 1.89. The van der Waals surface area contributed by atoms with Crippen molar-refractivity contribution < 1.29 is 31.3 Å². The van der Waals surface area contributed by atoms with Crippen LogP contribution in [0, 0.1) is 18.8 Å². The molecule has 0 fully saturated rings. The molecule has 0 atom stereocenters. The Balaban J connectivity index is 1.43. The highest BCUT2D eigenvalue weighted by atomic mass is 32.2. The number of likely N-dealkylation sites (N-methyl/N-ethyl adjacent to an activating group) is 1. The van der Waals surface area contributed by atoms with Crippen molar-refractivity contribution in [2.45, 2.75) is 52.9 Å². The molecule has 0 aliphatic heterocycles. The lowest BCUT2D eigenvalue weighted by molar-refractivity contribution is 0.0889. The number of ether oxygens (including phenoxy) is 1. The number of aryl methyl sites for hydroxylation is 1. The molecular formula is C34H48N3O7PS. The molecule has 10 nitrogen and oxygen atoms in total. The van der Waals surface area contributed by atoms with Gasteiger partial charge in [0.05, 0.1) is 42.6 Å². The first-order valence-electron chi connectivity index (χ1n) is 15.9. The van der Waals surface area contributed by atoms with E-state index in [4.69, 9.17) is 18.3 Å². The van der Waals surface area contributed by atoms with Gasteiger partial charge < -0.3 is 14.6 Å². The molecule has 46 heavy (non-hydrogen) atoms. The van der Waals surface area contributed by atoms with Crippen LogP contribution in [0.4, 0.5) is 0 Å². The number of H-pyrrole nitrogens is 1. The number of sulfone groups is 1. The number of benzene rings is 2. The third-order valence-corrected chi connectivity index (χ3v) is 10.5. The van der Waals surface area contributed by atoms with Gasteiger partial charge in [-0.2, -0.15) is 0 Å². The second kappa shape index (κ2) is 15.9.